The van der Waals surface area contributed by atoms with Gasteiger partial charge in [-0.2, -0.15) is 17.4 Å². The molecule has 1 aliphatic heterocycles. The lowest BCUT2D eigenvalue weighted by molar-refractivity contribution is 0.267. The Morgan fingerprint density at radius 2 is 1.94 bits per heavy atom. The summed E-state index contributed by atoms with van der Waals surface area (Å²) >= 11 is 0. The molecular formula is C11H25N3O2S. The third kappa shape index (κ3) is 4.54. The van der Waals surface area contributed by atoms with Gasteiger partial charge in [-0.05, 0) is 45.7 Å². The van der Waals surface area contributed by atoms with Crippen molar-refractivity contribution in [2.45, 2.75) is 39.2 Å². The topological polar surface area (TPSA) is 61.4 Å². The molecule has 2 N–H and O–H groups in total. The first-order chi connectivity index (χ1) is 7.99. The molecule has 0 amide bonds. The van der Waals surface area contributed by atoms with Crippen LogP contribution in [0.15, 0.2) is 0 Å². The van der Waals surface area contributed by atoms with E-state index in [0.29, 0.717) is 19.0 Å². The Morgan fingerprint density at radius 1 is 1.35 bits per heavy atom. The Labute approximate surface area is 105 Å². The molecule has 1 fully saturated rings. The van der Waals surface area contributed by atoms with Gasteiger partial charge >= 0.3 is 0 Å². The largest absolute Gasteiger partial charge is 0.319 e. The number of hydrogen-bond acceptors (Lipinski definition) is 3. The van der Waals surface area contributed by atoms with Crippen molar-refractivity contribution in [1.82, 2.24) is 14.3 Å². The van der Waals surface area contributed by atoms with E-state index in [0.717, 1.165) is 25.8 Å². The van der Waals surface area contributed by atoms with Crippen LogP contribution in [0.2, 0.25) is 0 Å². The van der Waals surface area contributed by atoms with Crippen molar-refractivity contribution in [2.75, 3.05) is 26.7 Å². The zero-order valence-electron chi connectivity index (χ0n) is 11.1. The molecule has 0 spiro atoms. The van der Waals surface area contributed by atoms with Gasteiger partial charge in [0.25, 0.3) is 10.2 Å². The Bertz CT molecular complexity index is 311. The van der Waals surface area contributed by atoms with Crippen LogP contribution in [-0.2, 0) is 10.2 Å². The molecule has 102 valence electrons. The minimum Gasteiger partial charge on any atom is -0.319 e. The van der Waals surface area contributed by atoms with E-state index >= 15 is 0 Å². The van der Waals surface area contributed by atoms with E-state index in [2.05, 4.69) is 10.0 Å². The number of hydrogen-bond donors (Lipinski definition) is 2. The van der Waals surface area contributed by atoms with E-state index in [9.17, 15) is 8.42 Å². The standard InChI is InChI=1S/C11H25N3O2S/c1-4-10(2)13-17(15,16)14-7-5-11(6-8-14)9-12-3/h10-13H,4-9H2,1-3H3. The van der Waals surface area contributed by atoms with Gasteiger partial charge in [-0.15, -0.1) is 0 Å². The minimum absolute atomic E-state index is 0.00929. The lowest BCUT2D eigenvalue weighted by Crippen LogP contribution is -2.48. The Hall–Kier alpha value is -0.170. The second-order valence-corrected chi connectivity index (χ2v) is 6.53. The van der Waals surface area contributed by atoms with Crippen molar-refractivity contribution >= 4 is 10.2 Å². The Balaban J connectivity index is 2.47. The third-order valence-corrected chi connectivity index (χ3v) is 5.11. The molecule has 1 aliphatic rings. The van der Waals surface area contributed by atoms with Gasteiger partial charge in [-0.25, -0.2) is 0 Å². The summed E-state index contributed by atoms with van der Waals surface area (Å²) in [7, 11) is -1.33. The van der Waals surface area contributed by atoms with Gasteiger partial charge in [0.1, 0.15) is 0 Å². The van der Waals surface area contributed by atoms with Crippen LogP contribution in [0.3, 0.4) is 0 Å². The van der Waals surface area contributed by atoms with Crippen molar-refractivity contribution in [3.8, 4) is 0 Å². The van der Waals surface area contributed by atoms with Crippen molar-refractivity contribution in [3.63, 3.8) is 0 Å². The molecular weight excluding hydrogens is 238 g/mol. The highest BCUT2D eigenvalue weighted by molar-refractivity contribution is 7.87. The minimum atomic E-state index is -3.27. The second-order valence-electron chi connectivity index (χ2n) is 4.83. The summed E-state index contributed by atoms with van der Waals surface area (Å²) in [5.74, 6) is 0.607. The van der Waals surface area contributed by atoms with Crippen molar-refractivity contribution in [1.29, 1.82) is 0 Å². The van der Waals surface area contributed by atoms with Crippen molar-refractivity contribution in [3.05, 3.63) is 0 Å². The first kappa shape index (κ1) is 14.9. The molecule has 0 aliphatic carbocycles. The average molecular weight is 263 g/mol. The van der Waals surface area contributed by atoms with Crippen LogP contribution in [0.5, 0.6) is 0 Å². The van der Waals surface area contributed by atoms with Gasteiger partial charge in [-0.1, -0.05) is 6.92 Å². The highest BCUT2D eigenvalue weighted by Gasteiger charge is 2.28. The lowest BCUT2D eigenvalue weighted by Gasteiger charge is -2.31. The van der Waals surface area contributed by atoms with E-state index < -0.39 is 10.2 Å². The number of piperidine rings is 1. The van der Waals surface area contributed by atoms with E-state index in [4.69, 9.17) is 0 Å². The smallest absolute Gasteiger partial charge is 0.279 e. The summed E-state index contributed by atoms with van der Waals surface area (Å²) in [6.07, 6.45) is 2.71. The van der Waals surface area contributed by atoms with Crippen molar-refractivity contribution in [2.24, 2.45) is 5.92 Å². The maximum atomic E-state index is 12.0. The molecule has 1 rings (SSSR count). The zero-order valence-corrected chi connectivity index (χ0v) is 11.9. The van der Waals surface area contributed by atoms with Crippen LogP contribution >= 0.6 is 0 Å². The molecule has 1 atom stereocenters. The van der Waals surface area contributed by atoms with Gasteiger partial charge in [0, 0.05) is 19.1 Å². The highest BCUT2D eigenvalue weighted by Crippen LogP contribution is 2.18. The van der Waals surface area contributed by atoms with Gasteiger partial charge in [0.15, 0.2) is 0 Å². The molecule has 0 bridgehead atoms. The molecule has 6 heteroatoms. The molecule has 0 aromatic rings. The molecule has 0 saturated carbocycles. The van der Waals surface area contributed by atoms with E-state index in [1.807, 2.05) is 20.9 Å². The quantitative estimate of drug-likeness (QED) is 0.736. The van der Waals surface area contributed by atoms with E-state index in [-0.39, 0.29) is 6.04 Å². The fourth-order valence-corrected chi connectivity index (χ4v) is 3.57. The molecule has 0 aromatic carbocycles. The maximum absolute atomic E-state index is 12.0. The average Bonchev–Trinajstić information content (AvgIpc) is 2.29. The molecule has 1 unspecified atom stereocenters. The number of nitrogens with zero attached hydrogens (tertiary/aromatic N) is 1. The van der Waals surface area contributed by atoms with Gasteiger partial charge in [0.2, 0.25) is 0 Å². The van der Waals surface area contributed by atoms with E-state index in [1.165, 1.54) is 0 Å². The van der Waals surface area contributed by atoms with Crippen LogP contribution in [0.4, 0.5) is 0 Å². The Morgan fingerprint density at radius 3 is 2.41 bits per heavy atom. The predicted octanol–water partition coefficient (Wildman–Crippen LogP) is 0.551. The highest BCUT2D eigenvalue weighted by atomic mass is 32.2. The molecule has 0 radical (unpaired) electrons. The predicted molar refractivity (Wildman–Crippen MR) is 70.0 cm³/mol. The molecule has 1 heterocycles. The van der Waals surface area contributed by atoms with Gasteiger partial charge in [0.05, 0.1) is 0 Å². The summed E-state index contributed by atoms with van der Waals surface area (Å²) in [5, 5.41) is 3.15. The molecule has 17 heavy (non-hydrogen) atoms. The maximum Gasteiger partial charge on any atom is 0.279 e. The Kier molecular flexibility index (Phi) is 5.85. The molecule has 0 aromatic heterocycles. The zero-order chi connectivity index (χ0) is 12.9. The summed E-state index contributed by atoms with van der Waals surface area (Å²) in [5.41, 5.74) is 0. The third-order valence-electron chi connectivity index (χ3n) is 3.37. The fraction of sp³-hybridized carbons (Fsp3) is 1.00. The van der Waals surface area contributed by atoms with Crippen LogP contribution in [0.25, 0.3) is 0 Å². The van der Waals surface area contributed by atoms with Crippen LogP contribution in [0, 0.1) is 5.92 Å². The van der Waals surface area contributed by atoms with Crippen LogP contribution < -0.4 is 10.0 Å². The van der Waals surface area contributed by atoms with Crippen molar-refractivity contribution < 1.29 is 8.42 Å². The number of rotatable bonds is 6. The van der Waals surface area contributed by atoms with Crippen LogP contribution in [0.1, 0.15) is 33.1 Å². The monoisotopic (exact) mass is 263 g/mol. The van der Waals surface area contributed by atoms with Crippen LogP contribution in [-0.4, -0.2) is 45.4 Å². The second kappa shape index (κ2) is 6.68. The molecule has 1 saturated heterocycles. The first-order valence-electron chi connectivity index (χ1n) is 6.41. The van der Waals surface area contributed by atoms with Gasteiger partial charge in [-0.3, -0.25) is 0 Å². The number of nitrogens with one attached hydrogen (secondary N) is 2. The van der Waals surface area contributed by atoms with E-state index in [1.54, 1.807) is 4.31 Å². The summed E-state index contributed by atoms with van der Waals surface area (Å²) in [6.45, 7) is 6.13. The SMILES string of the molecule is CCC(C)NS(=O)(=O)N1CCC(CNC)CC1. The summed E-state index contributed by atoms with van der Waals surface area (Å²) < 4.78 is 28.3. The normalized spacial score (nSPS) is 21.6. The first-order valence-corrected chi connectivity index (χ1v) is 7.85. The van der Waals surface area contributed by atoms with Gasteiger partial charge < -0.3 is 5.32 Å². The fourth-order valence-electron chi connectivity index (χ4n) is 2.05. The lowest BCUT2D eigenvalue weighted by atomic mass is 9.98. The molecule has 5 nitrogen and oxygen atoms in total. The summed E-state index contributed by atoms with van der Waals surface area (Å²) in [6, 6.07) is 0.00929. The summed E-state index contributed by atoms with van der Waals surface area (Å²) in [4.78, 5) is 0.